The number of ether oxygens (including phenoxy) is 1. The van der Waals surface area contributed by atoms with E-state index in [1.165, 1.54) is 18.5 Å². The summed E-state index contributed by atoms with van der Waals surface area (Å²) in [5.74, 6) is -0.117. The monoisotopic (exact) mass is 527 g/mol. The van der Waals surface area contributed by atoms with E-state index >= 15 is 0 Å². The van der Waals surface area contributed by atoms with E-state index in [1.54, 1.807) is 30.5 Å². The number of alkyl halides is 3. The zero-order chi connectivity index (χ0) is 26.8. The first-order valence-electron chi connectivity index (χ1n) is 10.8. The lowest BCUT2D eigenvalue weighted by Gasteiger charge is -2.14. The summed E-state index contributed by atoms with van der Waals surface area (Å²) in [6, 6.07) is 20.0. The standard InChI is InChI=1S/C25H24F3N7OS/c1-35(2)21-5-3-4-20(14-21)33-24(37)34-32-15-17-6-8-18(9-7-17)23(29)31-16-30-19-10-12-22(13-11-19)36-25(26,27)28/h3-16H,1-2H3,(H2,29,30,31)(H2,33,34,37)/b32-15-. The van der Waals surface area contributed by atoms with Crippen molar-refractivity contribution in [1.29, 1.82) is 0 Å². The van der Waals surface area contributed by atoms with Crippen molar-refractivity contribution >= 4 is 52.8 Å². The molecule has 0 atom stereocenters. The first kappa shape index (κ1) is 27.1. The molecule has 0 unspecified atom stereocenters. The van der Waals surface area contributed by atoms with Crippen LogP contribution in [0.25, 0.3) is 0 Å². The third-order valence-electron chi connectivity index (χ3n) is 4.68. The Balaban J connectivity index is 1.51. The molecule has 0 heterocycles. The molecule has 0 radical (unpaired) electrons. The maximum atomic E-state index is 12.2. The topological polar surface area (TPSA) is 99.6 Å². The molecule has 3 aromatic carbocycles. The fraction of sp³-hybridized carbons (Fsp3) is 0.120. The highest BCUT2D eigenvalue weighted by Gasteiger charge is 2.30. The van der Waals surface area contributed by atoms with Gasteiger partial charge in [-0.05, 0) is 60.2 Å². The molecule has 0 saturated heterocycles. The number of benzene rings is 3. The second-order valence-electron chi connectivity index (χ2n) is 7.69. The number of hydrazone groups is 1. The van der Waals surface area contributed by atoms with E-state index in [2.05, 4.69) is 30.6 Å². The number of hydrogen-bond acceptors (Lipinski definition) is 5. The highest BCUT2D eigenvalue weighted by atomic mass is 32.1. The number of nitrogens with one attached hydrogen (secondary N) is 2. The van der Waals surface area contributed by atoms with Crippen molar-refractivity contribution in [2.24, 2.45) is 20.8 Å². The van der Waals surface area contributed by atoms with Gasteiger partial charge in [-0.25, -0.2) is 9.98 Å². The number of aliphatic imine (C=N–C) groups is 2. The number of nitrogens with two attached hydrogens (primary N) is 1. The molecule has 4 N–H and O–H groups in total. The molecule has 0 spiro atoms. The van der Waals surface area contributed by atoms with E-state index in [0.29, 0.717) is 16.4 Å². The quantitative estimate of drug-likeness (QED) is 0.164. The molecule has 192 valence electrons. The van der Waals surface area contributed by atoms with E-state index in [0.717, 1.165) is 29.1 Å². The lowest BCUT2D eigenvalue weighted by molar-refractivity contribution is -0.274. The Labute approximate surface area is 217 Å². The zero-order valence-electron chi connectivity index (χ0n) is 19.9. The van der Waals surface area contributed by atoms with Crippen LogP contribution in [0.1, 0.15) is 11.1 Å². The summed E-state index contributed by atoms with van der Waals surface area (Å²) < 4.78 is 40.5. The van der Waals surface area contributed by atoms with Gasteiger partial charge in [0.2, 0.25) is 0 Å². The zero-order valence-corrected chi connectivity index (χ0v) is 20.7. The molecule has 0 amide bonds. The normalized spacial score (nSPS) is 12.1. The van der Waals surface area contributed by atoms with Crippen molar-refractivity contribution in [1.82, 2.24) is 5.43 Å². The lowest BCUT2D eigenvalue weighted by Crippen LogP contribution is -2.24. The third-order valence-corrected chi connectivity index (χ3v) is 4.87. The Bertz CT molecular complexity index is 1290. The largest absolute Gasteiger partial charge is 0.573 e. The number of rotatable bonds is 8. The van der Waals surface area contributed by atoms with E-state index < -0.39 is 6.36 Å². The van der Waals surface area contributed by atoms with Crippen LogP contribution in [0.2, 0.25) is 0 Å². The number of thiocarbonyl (C=S) groups is 1. The van der Waals surface area contributed by atoms with Gasteiger partial charge < -0.3 is 20.7 Å². The van der Waals surface area contributed by atoms with Crippen LogP contribution in [0.5, 0.6) is 5.75 Å². The molecule has 0 aliphatic carbocycles. The maximum absolute atomic E-state index is 12.2. The molecule has 3 rings (SSSR count). The van der Waals surface area contributed by atoms with Crippen LogP contribution in [0, 0.1) is 0 Å². The van der Waals surface area contributed by atoms with Crippen LogP contribution in [-0.4, -0.2) is 44.0 Å². The molecule has 12 heteroatoms. The highest BCUT2D eigenvalue weighted by molar-refractivity contribution is 7.80. The fourth-order valence-corrected chi connectivity index (χ4v) is 3.06. The Kier molecular flexibility index (Phi) is 9.16. The molecule has 37 heavy (non-hydrogen) atoms. The van der Waals surface area contributed by atoms with Crippen LogP contribution in [-0.2, 0) is 0 Å². The van der Waals surface area contributed by atoms with Crippen LogP contribution in [0.3, 0.4) is 0 Å². The van der Waals surface area contributed by atoms with Crippen molar-refractivity contribution in [3.8, 4) is 5.75 Å². The average Bonchev–Trinajstić information content (AvgIpc) is 2.84. The van der Waals surface area contributed by atoms with Gasteiger partial charge in [-0.15, -0.1) is 13.2 Å². The van der Waals surface area contributed by atoms with E-state index in [9.17, 15) is 13.2 Å². The van der Waals surface area contributed by atoms with Gasteiger partial charge in [0.25, 0.3) is 0 Å². The SMILES string of the molecule is CN(C)c1cccc(NC(=S)N/N=C\c2ccc(C(N)=NC=Nc3ccc(OC(F)(F)F)cc3)cc2)c1. The molecular weight excluding hydrogens is 503 g/mol. The summed E-state index contributed by atoms with van der Waals surface area (Å²) in [5, 5.41) is 7.56. The summed E-state index contributed by atoms with van der Waals surface area (Å²) in [5.41, 5.74) is 12.5. The van der Waals surface area contributed by atoms with Crippen LogP contribution in [0.4, 0.5) is 30.2 Å². The molecule has 8 nitrogen and oxygen atoms in total. The van der Waals surface area contributed by atoms with Gasteiger partial charge in [-0.2, -0.15) is 5.10 Å². The molecular formula is C25H24F3N7OS. The minimum atomic E-state index is -4.75. The summed E-state index contributed by atoms with van der Waals surface area (Å²) in [4.78, 5) is 10.1. The van der Waals surface area contributed by atoms with Crippen LogP contribution in [0.15, 0.2) is 87.9 Å². The highest BCUT2D eigenvalue weighted by Crippen LogP contribution is 2.24. The Morgan fingerprint density at radius 1 is 1.03 bits per heavy atom. The summed E-state index contributed by atoms with van der Waals surface area (Å²) >= 11 is 5.27. The summed E-state index contributed by atoms with van der Waals surface area (Å²) in [6.45, 7) is 0. The molecule has 0 aromatic heterocycles. The van der Waals surface area contributed by atoms with E-state index in [4.69, 9.17) is 18.0 Å². The molecule has 3 aromatic rings. The van der Waals surface area contributed by atoms with Gasteiger partial charge in [-0.1, -0.05) is 30.3 Å². The maximum Gasteiger partial charge on any atom is 0.573 e. The van der Waals surface area contributed by atoms with Gasteiger partial charge in [0.05, 0.1) is 11.9 Å². The van der Waals surface area contributed by atoms with Gasteiger partial charge in [0.15, 0.2) is 5.11 Å². The van der Waals surface area contributed by atoms with E-state index in [-0.39, 0.29) is 11.6 Å². The van der Waals surface area contributed by atoms with Crippen molar-refractivity contribution in [2.45, 2.75) is 6.36 Å². The molecule has 0 saturated carbocycles. The smallest absolute Gasteiger partial charge is 0.406 e. The number of anilines is 2. The fourth-order valence-electron chi connectivity index (χ4n) is 2.89. The first-order chi connectivity index (χ1) is 17.6. The average molecular weight is 528 g/mol. The second kappa shape index (κ2) is 12.5. The predicted octanol–water partition coefficient (Wildman–Crippen LogP) is 5.04. The van der Waals surface area contributed by atoms with Gasteiger partial charge in [-0.3, -0.25) is 5.43 Å². The molecule has 0 aliphatic heterocycles. The summed E-state index contributed by atoms with van der Waals surface area (Å²) in [7, 11) is 3.92. The van der Waals surface area contributed by atoms with Gasteiger partial charge in [0, 0.05) is 31.0 Å². The number of nitrogens with zero attached hydrogens (tertiary/aromatic N) is 4. The van der Waals surface area contributed by atoms with E-state index in [1.807, 2.05) is 43.3 Å². The summed E-state index contributed by atoms with van der Waals surface area (Å²) in [6.07, 6.45) is -1.92. The van der Waals surface area contributed by atoms with Gasteiger partial charge >= 0.3 is 6.36 Å². The number of hydrogen-bond donors (Lipinski definition) is 3. The number of amidine groups is 1. The third kappa shape index (κ3) is 9.26. The molecule has 0 bridgehead atoms. The minimum absolute atomic E-state index is 0.215. The lowest BCUT2D eigenvalue weighted by atomic mass is 10.1. The molecule has 0 aliphatic rings. The Morgan fingerprint density at radius 3 is 2.38 bits per heavy atom. The molecule has 0 fully saturated rings. The van der Waals surface area contributed by atoms with Crippen molar-refractivity contribution in [2.75, 3.05) is 24.3 Å². The van der Waals surface area contributed by atoms with Gasteiger partial charge in [0.1, 0.15) is 17.9 Å². The van der Waals surface area contributed by atoms with Crippen molar-refractivity contribution in [3.63, 3.8) is 0 Å². The van der Waals surface area contributed by atoms with Crippen molar-refractivity contribution in [3.05, 3.63) is 83.9 Å². The van der Waals surface area contributed by atoms with Crippen LogP contribution < -0.4 is 26.1 Å². The number of halogens is 3. The minimum Gasteiger partial charge on any atom is -0.406 e. The second-order valence-corrected chi connectivity index (χ2v) is 8.10. The Hall–Kier alpha value is -4.45. The Morgan fingerprint density at radius 2 is 1.73 bits per heavy atom. The van der Waals surface area contributed by atoms with Crippen molar-refractivity contribution < 1.29 is 17.9 Å². The van der Waals surface area contributed by atoms with Crippen LogP contribution >= 0.6 is 12.2 Å². The first-order valence-corrected chi connectivity index (χ1v) is 11.2. The predicted molar refractivity (Wildman–Crippen MR) is 146 cm³/mol.